The molecule has 0 bridgehead atoms. The molecule has 2 aromatic heterocycles. The summed E-state index contributed by atoms with van der Waals surface area (Å²) in [6.07, 6.45) is 1.58. The Kier molecular flexibility index (Phi) is 3.55. The highest BCUT2D eigenvalue weighted by atomic mass is 16.3. The van der Waals surface area contributed by atoms with Crippen molar-refractivity contribution >= 4 is 5.91 Å². The maximum Gasteiger partial charge on any atom is 0.269 e. The van der Waals surface area contributed by atoms with Gasteiger partial charge < -0.3 is 9.73 Å². The molecule has 3 rings (SSSR count). The Morgan fingerprint density at radius 1 is 1.24 bits per heavy atom. The number of furan rings is 1. The average Bonchev–Trinajstić information content (AvgIpc) is 3.15. The van der Waals surface area contributed by atoms with Crippen LogP contribution in [0.25, 0.3) is 11.3 Å². The lowest BCUT2D eigenvalue weighted by Gasteiger charge is -2.02. The van der Waals surface area contributed by atoms with Crippen molar-refractivity contribution in [3.8, 4) is 11.3 Å². The number of hydrogen-bond donors (Lipinski definition) is 1. The number of rotatable bonds is 4. The van der Waals surface area contributed by atoms with Gasteiger partial charge in [0, 0.05) is 12.6 Å². The molecule has 0 atom stereocenters. The first-order valence-corrected chi connectivity index (χ1v) is 6.64. The van der Waals surface area contributed by atoms with Crippen molar-refractivity contribution in [2.24, 2.45) is 7.05 Å². The summed E-state index contributed by atoms with van der Waals surface area (Å²) in [6, 6.07) is 15.2. The van der Waals surface area contributed by atoms with Gasteiger partial charge in [-0.2, -0.15) is 5.10 Å². The standard InChI is InChI=1S/C16H15N3O2/c1-19-15(16(20)17-11-13-8-5-9-21-13)10-14(18-19)12-6-3-2-4-7-12/h2-10H,11H2,1H3,(H,17,20). The Bertz CT molecular complexity index is 730. The summed E-state index contributed by atoms with van der Waals surface area (Å²) >= 11 is 0. The number of nitrogens with zero attached hydrogens (tertiary/aromatic N) is 2. The smallest absolute Gasteiger partial charge is 0.269 e. The third-order valence-corrected chi connectivity index (χ3v) is 3.19. The number of hydrogen-bond acceptors (Lipinski definition) is 3. The predicted octanol–water partition coefficient (Wildman–Crippen LogP) is 2.61. The van der Waals surface area contributed by atoms with E-state index in [4.69, 9.17) is 4.42 Å². The van der Waals surface area contributed by atoms with Crippen molar-refractivity contribution in [2.45, 2.75) is 6.54 Å². The number of amides is 1. The van der Waals surface area contributed by atoms with Crippen LogP contribution in [0.1, 0.15) is 16.2 Å². The van der Waals surface area contributed by atoms with E-state index < -0.39 is 0 Å². The number of aryl methyl sites for hydroxylation is 1. The quantitative estimate of drug-likeness (QED) is 0.799. The third-order valence-electron chi connectivity index (χ3n) is 3.19. The lowest BCUT2D eigenvalue weighted by atomic mass is 10.1. The Labute approximate surface area is 122 Å². The second-order valence-corrected chi connectivity index (χ2v) is 4.67. The van der Waals surface area contributed by atoms with Crippen LogP contribution in [-0.2, 0) is 13.6 Å². The summed E-state index contributed by atoms with van der Waals surface area (Å²) in [4.78, 5) is 12.2. The molecule has 106 valence electrons. The lowest BCUT2D eigenvalue weighted by Crippen LogP contribution is -2.24. The monoisotopic (exact) mass is 281 g/mol. The number of nitrogens with one attached hydrogen (secondary N) is 1. The summed E-state index contributed by atoms with van der Waals surface area (Å²) in [5, 5.41) is 7.19. The first-order chi connectivity index (χ1) is 10.2. The second-order valence-electron chi connectivity index (χ2n) is 4.67. The summed E-state index contributed by atoms with van der Waals surface area (Å²) in [7, 11) is 1.76. The summed E-state index contributed by atoms with van der Waals surface area (Å²) in [5.74, 6) is 0.539. The minimum absolute atomic E-state index is 0.177. The van der Waals surface area contributed by atoms with Crippen molar-refractivity contribution in [3.63, 3.8) is 0 Å². The van der Waals surface area contributed by atoms with Gasteiger partial charge in [-0.25, -0.2) is 0 Å². The molecule has 0 saturated heterocycles. The number of benzene rings is 1. The largest absolute Gasteiger partial charge is 0.467 e. The van der Waals surface area contributed by atoms with E-state index >= 15 is 0 Å². The zero-order chi connectivity index (χ0) is 14.7. The van der Waals surface area contributed by atoms with Gasteiger partial charge in [0.15, 0.2) is 0 Å². The minimum atomic E-state index is -0.177. The fraction of sp³-hybridized carbons (Fsp3) is 0.125. The molecule has 1 amide bonds. The van der Waals surface area contributed by atoms with E-state index in [2.05, 4.69) is 10.4 Å². The summed E-state index contributed by atoms with van der Waals surface area (Å²) in [5.41, 5.74) is 2.28. The predicted molar refractivity (Wildman–Crippen MR) is 78.5 cm³/mol. The highest BCUT2D eigenvalue weighted by Gasteiger charge is 2.14. The van der Waals surface area contributed by atoms with Crippen molar-refractivity contribution in [1.82, 2.24) is 15.1 Å². The van der Waals surface area contributed by atoms with Crippen LogP contribution in [-0.4, -0.2) is 15.7 Å². The summed E-state index contributed by atoms with van der Waals surface area (Å²) in [6.45, 7) is 0.359. The van der Waals surface area contributed by atoms with Crippen molar-refractivity contribution in [1.29, 1.82) is 0 Å². The van der Waals surface area contributed by atoms with E-state index in [1.807, 2.05) is 36.4 Å². The number of carbonyl (C=O) groups is 1. The molecule has 0 spiro atoms. The zero-order valence-electron chi connectivity index (χ0n) is 11.6. The van der Waals surface area contributed by atoms with Crippen LogP contribution in [0.4, 0.5) is 0 Å². The molecule has 0 fully saturated rings. The van der Waals surface area contributed by atoms with Gasteiger partial charge in [-0.1, -0.05) is 30.3 Å². The first-order valence-electron chi connectivity index (χ1n) is 6.64. The zero-order valence-corrected chi connectivity index (χ0v) is 11.6. The van der Waals surface area contributed by atoms with Gasteiger partial charge in [0.1, 0.15) is 11.5 Å². The van der Waals surface area contributed by atoms with E-state index in [0.717, 1.165) is 11.3 Å². The highest BCUT2D eigenvalue weighted by Crippen LogP contribution is 2.18. The maximum atomic E-state index is 12.2. The lowest BCUT2D eigenvalue weighted by molar-refractivity contribution is 0.0938. The van der Waals surface area contributed by atoms with Gasteiger partial charge >= 0.3 is 0 Å². The molecule has 5 heteroatoms. The molecular formula is C16H15N3O2. The van der Waals surface area contributed by atoms with E-state index in [-0.39, 0.29) is 5.91 Å². The Morgan fingerprint density at radius 3 is 2.76 bits per heavy atom. The highest BCUT2D eigenvalue weighted by molar-refractivity contribution is 5.93. The van der Waals surface area contributed by atoms with Crippen molar-refractivity contribution < 1.29 is 9.21 Å². The second kappa shape index (κ2) is 5.66. The van der Waals surface area contributed by atoms with E-state index in [0.29, 0.717) is 18.0 Å². The molecule has 1 aromatic carbocycles. The number of aromatic nitrogens is 2. The molecule has 0 aliphatic heterocycles. The molecule has 0 unspecified atom stereocenters. The molecule has 2 heterocycles. The van der Waals surface area contributed by atoms with Crippen molar-refractivity contribution in [3.05, 3.63) is 66.2 Å². The molecule has 0 aliphatic rings. The molecule has 21 heavy (non-hydrogen) atoms. The van der Waals surface area contributed by atoms with Crippen LogP contribution in [0.5, 0.6) is 0 Å². The van der Waals surface area contributed by atoms with Gasteiger partial charge in [-0.3, -0.25) is 9.48 Å². The topological polar surface area (TPSA) is 60.1 Å². The Morgan fingerprint density at radius 2 is 2.05 bits per heavy atom. The molecular weight excluding hydrogens is 266 g/mol. The summed E-state index contributed by atoms with van der Waals surface area (Å²) < 4.78 is 6.77. The maximum absolute atomic E-state index is 12.2. The first kappa shape index (κ1) is 13.2. The molecule has 3 aromatic rings. The van der Waals surface area contributed by atoms with Crippen LogP contribution < -0.4 is 5.32 Å². The van der Waals surface area contributed by atoms with Crippen LogP contribution in [0, 0.1) is 0 Å². The van der Waals surface area contributed by atoms with Crippen LogP contribution >= 0.6 is 0 Å². The van der Waals surface area contributed by atoms with E-state index in [1.165, 1.54) is 0 Å². The van der Waals surface area contributed by atoms with Crippen molar-refractivity contribution in [2.75, 3.05) is 0 Å². The van der Waals surface area contributed by atoms with Crippen LogP contribution in [0.3, 0.4) is 0 Å². The SMILES string of the molecule is Cn1nc(-c2ccccc2)cc1C(=O)NCc1ccco1. The van der Waals surface area contributed by atoms with Crippen LogP contribution in [0.15, 0.2) is 59.2 Å². The van der Waals surface area contributed by atoms with Gasteiger partial charge in [-0.15, -0.1) is 0 Å². The molecule has 5 nitrogen and oxygen atoms in total. The van der Waals surface area contributed by atoms with Gasteiger partial charge in [-0.05, 0) is 18.2 Å². The van der Waals surface area contributed by atoms with E-state index in [9.17, 15) is 4.79 Å². The van der Waals surface area contributed by atoms with Gasteiger partial charge in [0.2, 0.25) is 0 Å². The normalized spacial score (nSPS) is 10.5. The fourth-order valence-corrected chi connectivity index (χ4v) is 2.10. The molecule has 0 radical (unpaired) electrons. The molecule has 0 aliphatic carbocycles. The third kappa shape index (κ3) is 2.86. The Hall–Kier alpha value is -2.82. The van der Waals surface area contributed by atoms with Crippen LogP contribution in [0.2, 0.25) is 0 Å². The average molecular weight is 281 g/mol. The number of carbonyl (C=O) groups excluding carboxylic acids is 1. The molecule has 0 saturated carbocycles. The van der Waals surface area contributed by atoms with Gasteiger partial charge in [0.05, 0.1) is 18.5 Å². The van der Waals surface area contributed by atoms with E-state index in [1.54, 1.807) is 30.1 Å². The molecule has 1 N–H and O–H groups in total. The van der Waals surface area contributed by atoms with Gasteiger partial charge in [0.25, 0.3) is 5.91 Å². The fourth-order valence-electron chi connectivity index (χ4n) is 2.10. The minimum Gasteiger partial charge on any atom is -0.467 e. The Balaban J connectivity index is 1.76.